The fourth-order valence-electron chi connectivity index (χ4n) is 20.1. The second kappa shape index (κ2) is 38.2. The molecule has 0 spiro atoms. The monoisotopic (exact) mass is 1940 g/mol. The number of carbonyl (C=O) groups excluding carboxylic acids is 5. The second-order valence-electron chi connectivity index (χ2n) is 33.5. The number of aliphatic hydroxyl groups is 2. The van der Waals surface area contributed by atoms with E-state index >= 15 is 0 Å². The molecule has 0 aromatic carbocycles. The highest BCUT2D eigenvalue weighted by molar-refractivity contribution is 7.90. The van der Waals surface area contributed by atoms with Gasteiger partial charge in [0.25, 0.3) is 20.1 Å². The molecule has 0 radical (unpaired) electrons. The van der Waals surface area contributed by atoms with E-state index in [0.717, 1.165) is 51.4 Å². The van der Waals surface area contributed by atoms with Crippen LogP contribution in [0.25, 0.3) is 0 Å². The fraction of sp³-hybridized carbons (Fsp3) is 0.855. The fourth-order valence-corrected chi connectivity index (χ4v) is 25.4. The van der Waals surface area contributed by atoms with Crippen molar-refractivity contribution in [2.24, 2.45) is 58.7 Å². The number of carbonyl (C=O) groups is 5. The molecule has 12 bridgehead atoms. The van der Waals surface area contributed by atoms with Crippen molar-refractivity contribution in [3.05, 3.63) is 37.1 Å². The minimum atomic E-state index is -6.61. The highest BCUT2D eigenvalue weighted by Crippen LogP contribution is 2.63. The van der Waals surface area contributed by atoms with Crippen LogP contribution in [0.2, 0.25) is 0 Å². The van der Waals surface area contributed by atoms with E-state index in [1.165, 1.54) is 0 Å². The predicted molar refractivity (Wildman–Crippen MR) is 390 cm³/mol. The van der Waals surface area contributed by atoms with Crippen LogP contribution in [-0.4, -0.2) is 236 Å². The van der Waals surface area contributed by atoms with E-state index in [-0.39, 0.29) is 122 Å². The maximum Gasteiger partial charge on any atom is 0.428 e. The van der Waals surface area contributed by atoms with Gasteiger partial charge in [-0.15, -0.1) is 0 Å². The van der Waals surface area contributed by atoms with Crippen LogP contribution in [-0.2, 0) is 123 Å². The predicted octanol–water partition coefficient (Wildman–Crippen LogP) is 8.29. The van der Waals surface area contributed by atoms with Gasteiger partial charge in [0.05, 0.1) is 41.8 Å². The molecule has 2 heterocycles. The SMILES string of the molecule is O=C(CCC(F)(F)C(F)(F)S(=O)(=O)[O-])OC12CC3CC(CC(O)(C3)C1)C2.O=C(CCC(F)(F)C(F)(F)S(=O)(=O)[O-])OC1C2CCC(C2)C1OC(=O)C1CCCCC1.O=C(CS(=O)(=O)[O-])OC1C2CC3C1OS(=O)(=O)C3C2.O=C(OCC12CC3CC(CC(O)(C3)C1)C2)C(F)(F)S(=O)(=O)[O-].O=S(=O)([O-])C(F)(F)CC(F)(F)S(=O)(=O)N1CCCCC1.[CH3+].[CH3+].[CH3+].[CH3+].[CH3+]. The first-order valence-electron chi connectivity index (χ1n) is 37.2. The number of piperidine rings is 1. The zero-order chi connectivity index (χ0) is 88.8. The molecule has 15 aliphatic rings. The molecule has 13 saturated carbocycles. The van der Waals surface area contributed by atoms with Crippen LogP contribution in [0, 0.1) is 95.8 Å². The largest absolute Gasteiger partial charge is 0.748 e. The van der Waals surface area contributed by atoms with Crippen LogP contribution >= 0.6 is 0 Å². The molecule has 123 heavy (non-hydrogen) atoms. The Morgan fingerprint density at radius 3 is 1.36 bits per heavy atom. The maximum absolute atomic E-state index is 13.6. The number of esters is 5. The minimum absolute atomic E-state index is 0. The summed E-state index contributed by atoms with van der Waals surface area (Å²) in [4.78, 5) is 59.1. The van der Waals surface area contributed by atoms with E-state index in [1.807, 2.05) is 0 Å². The second-order valence-corrected chi connectivity index (χ2v) is 44.5. The summed E-state index contributed by atoms with van der Waals surface area (Å²) in [5.74, 6) is -17.8. The lowest BCUT2D eigenvalue weighted by atomic mass is 9.48. The number of nitrogens with zero attached hydrogens (tertiary/aromatic N) is 1. The van der Waals surface area contributed by atoms with Crippen molar-refractivity contribution in [2.75, 3.05) is 25.4 Å². The van der Waals surface area contributed by atoms with Crippen LogP contribution in [0.5, 0.6) is 0 Å². The normalized spacial score (nSPS) is 32.4. The van der Waals surface area contributed by atoms with E-state index in [0.29, 0.717) is 107 Å². The van der Waals surface area contributed by atoms with Gasteiger partial charge in [0.1, 0.15) is 52.3 Å². The molecular formula is C69H99F14NO32S7. The van der Waals surface area contributed by atoms with Gasteiger partial charge in [-0.25, -0.2) is 55.3 Å². The van der Waals surface area contributed by atoms with Crippen LogP contribution in [0.15, 0.2) is 0 Å². The van der Waals surface area contributed by atoms with Gasteiger partial charge >= 0.3 is 68.0 Å². The standard InChI is InChI=1S/C19H26F4O7S.C15H20F4O6S.C13H18F2O6S.C9H12O8S2.C8H13F4NO5S2.5CH3/c20-18(21,19(22,23)31(26,27)28)9-8-14(24)29-15-12-6-7-13(10-12)16(15)30-17(25)11-4-2-1-3-5-11;16-14(17,15(18,19)26(22,23)24)2-1-11(20)25-13-6-9-3-10(7-13)5-12(21,4-9)8-13;14-13(15,22(18,19)20)10(16)21-7-11-2-8-1-9(3-11)5-12(17,4-8)6-11;10-7(3-18(11,12)13)16-8-4-1-5-6(2-4)19(14,15)17-9(5)8;9-7(10,6-8(11,12)20(16,17)18)19(14,15)13-4-2-1-3-5-13;;;;;/h11-13,15-16H,1-10H2,(H,26,27,28);9-10,21H,1-8H2,(H,22,23,24);8-9,17H,1-7H2,(H,18,19,20);4-6,8-9H,1-3H2,(H,11,12,13);1-6H2,(H,16,17,18);5*1H3/q;;;;;5*+1/p-5. The van der Waals surface area contributed by atoms with Gasteiger partial charge in [-0.1, -0.05) is 25.7 Å². The number of hydrogen-bond acceptors (Lipinski definition) is 32. The van der Waals surface area contributed by atoms with Crippen LogP contribution in [0.3, 0.4) is 0 Å². The van der Waals surface area contributed by atoms with Gasteiger partial charge in [-0.3, -0.25) is 23.4 Å². The van der Waals surface area contributed by atoms with E-state index in [9.17, 15) is 177 Å². The molecule has 13 unspecified atom stereocenters. The molecule has 2 aliphatic heterocycles. The lowest BCUT2D eigenvalue weighted by molar-refractivity contribution is -0.222. The average molecular weight is 1940 g/mol. The first kappa shape index (κ1) is 110. The molecule has 13 aliphatic carbocycles. The number of sulfonamides is 1. The summed E-state index contributed by atoms with van der Waals surface area (Å²) in [6.45, 7) is -0.895. The summed E-state index contributed by atoms with van der Waals surface area (Å²) < 4.78 is 418. The number of rotatable bonds is 26. The molecule has 15 fully saturated rings. The lowest BCUT2D eigenvalue weighted by Gasteiger charge is -2.59. The Labute approximate surface area is 704 Å². The highest BCUT2D eigenvalue weighted by Gasteiger charge is 2.68. The summed E-state index contributed by atoms with van der Waals surface area (Å²) in [6.07, 6.45) is 3.81. The van der Waals surface area contributed by atoms with Crippen molar-refractivity contribution in [1.29, 1.82) is 0 Å². The zero-order valence-corrected chi connectivity index (χ0v) is 72.6. The molecular weight excluding hydrogens is 1850 g/mol. The van der Waals surface area contributed by atoms with Crippen molar-refractivity contribution in [2.45, 2.75) is 277 Å². The van der Waals surface area contributed by atoms with Gasteiger partial charge in [0.15, 0.2) is 40.5 Å². The molecule has 0 aromatic rings. The number of alkyl halides is 14. The highest BCUT2D eigenvalue weighted by atomic mass is 32.2. The third-order valence-corrected chi connectivity index (χ3v) is 32.1. The number of halogens is 14. The smallest absolute Gasteiger partial charge is 0.428 e. The third kappa shape index (κ3) is 24.4. The average Bonchev–Trinajstić information content (AvgIpc) is 1.65. The third-order valence-electron chi connectivity index (χ3n) is 24.3. The van der Waals surface area contributed by atoms with Crippen molar-refractivity contribution in [3.8, 4) is 0 Å². The number of fused-ring (bicyclic) bond motifs is 3. The first-order valence-corrected chi connectivity index (χ1v) is 47.3. The molecule has 33 nitrogen and oxygen atoms in total. The van der Waals surface area contributed by atoms with Crippen molar-refractivity contribution in [3.63, 3.8) is 0 Å². The minimum Gasteiger partial charge on any atom is -0.748 e. The van der Waals surface area contributed by atoms with E-state index < -0.39 is 222 Å². The topological polar surface area (TPSA) is 539 Å². The Morgan fingerprint density at radius 2 is 0.919 bits per heavy atom. The van der Waals surface area contributed by atoms with Gasteiger partial charge in [-0.05, 0) is 152 Å². The Bertz CT molecular complexity index is 4590. The van der Waals surface area contributed by atoms with Crippen LogP contribution in [0.4, 0.5) is 61.5 Å². The molecule has 13 atom stereocenters. The molecule has 0 aromatic heterocycles. The summed E-state index contributed by atoms with van der Waals surface area (Å²) in [7, 11) is -39.4. The summed E-state index contributed by atoms with van der Waals surface area (Å²) >= 11 is 0. The molecule has 712 valence electrons. The van der Waals surface area contributed by atoms with E-state index in [1.54, 1.807) is 0 Å². The summed E-state index contributed by atoms with van der Waals surface area (Å²) in [6, 6.07) is 0. The van der Waals surface area contributed by atoms with E-state index in [2.05, 4.69) is 4.74 Å². The Balaban J connectivity index is 0.000000323. The van der Waals surface area contributed by atoms with Crippen molar-refractivity contribution in [1.82, 2.24) is 4.31 Å². The van der Waals surface area contributed by atoms with Gasteiger partial charge in [-0.2, -0.15) is 74.2 Å². The maximum atomic E-state index is 13.6. The Kier molecular flexibility index (Phi) is 34.3. The van der Waals surface area contributed by atoms with Crippen LogP contribution < -0.4 is 0 Å². The molecule has 2 saturated heterocycles. The van der Waals surface area contributed by atoms with E-state index in [4.69, 9.17) is 23.1 Å². The Hall–Kier alpha value is -4.99. The van der Waals surface area contributed by atoms with Crippen molar-refractivity contribution >= 4 is 101 Å². The Morgan fingerprint density at radius 1 is 0.480 bits per heavy atom. The van der Waals surface area contributed by atoms with Gasteiger partial charge < -0.3 is 56.7 Å². The zero-order valence-electron chi connectivity index (χ0n) is 66.9. The van der Waals surface area contributed by atoms with Crippen molar-refractivity contribution < 1.29 is 205 Å². The quantitative estimate of drug-likeness (QED) is 0.0205. The van der Waals surface area contributed by atoms with Gasteiger partial charge in [0.2, 0.25) is 0 Å². The number of ether oxygens (including phenoxy) is 5. The number of hydrogen-bond donors (Lipinski definition) is 2. The first-order chi connectivity index (χ1) is 53.4. The molecule has 2 N–H and O–H groups in total. The molecule has 0 amide bonds. The lowest BCUT2D eigenvalue weighted by Crippen LogP contribution is -2.60. The summed E-state index contributed by atoms with van der Waals surface area (Å²) in [5.41, 5.74) is -3.38. The van der Waals surface area contributed by atoms with Crippen LogP contribution in [0.1, 0.15) is 193 Å². The van der Waals surface area contributed by atoms with Gasteiger partial charge in [0, 0.05) is 98.6 Å². The molecule has 15 rings (SSSR count). The summed E-state index contributed by atoms with van der Waals surface area (Å²) in [5, 5.41) is -6.66. The molecule has 54 heteroatoms.